The predicted octanol–water partition coefficient (Wildman–Crippen LogP) is 0.961. The molecule has 0 saturated carbocycles. The normalized spacial score (nSPS) is 22.1. The maximum atomic E-state index is 12.6. The number of nitrogens with two attached hydrogens (primary N) is 1. The van der Waals surface area contributed by atoms with Crippen LogP contribution in [-0.4, -0.2) is 68.7 Å². The summed E-state index contributed by atoms with van der Waals surface area (Å²) in [6.45, 7) is 9.62. The van der Waals surface area contributed by atoms with E-state index in [1.54, 1.807) is 4.90 Å². The van der Waals surface area contributed by atoms with Gasteiger partial charge in [0.15, 0.2) is 0 Å². The molecule has 0 radical (unpaired) electrons. The Hall–Kier alpha value is -1.70. The standard InChI is InChI=1S/C21H36N4O3/c1-16(2)18-7-5-17(6-8-18)14-23-15-20(26)25-11-3-4-19(25)21(27)24-10-13-28-12-9-22/h5,18-19,23H,1,3-4,6-15,22H2,2H3,(H,24,27)/t18-,19-/m0/s1. The van der Waals surface area contributed by atoms with Gasteiger partial charge >= 0.3 is 0 Å². The van der Waals surface area contributed by atoms with Crippen molar-refractivity contribution in [2.45, 2.75) is 45.1 Å². The summed E-state index contributed by atoms with van der Waals surface area (Å²) < 4.78 is 5.26. The third-order valence-electron chi connectivity index (χ3n) is 5.51. The number of carbonyl (C=O) groups is 2. The summed E-state index contributed by atoms with van der Waals surface area (Å²) in [5.74, 6) is 0.492. The molecule has 0 bridgehead atoms. The third kappa shape index (κ3) is 7.04. The van der Waals surface area contributed by atoms with E-state index in [-0.39, 0.29) is 24.4 Å². The maximum Gasteiger partial charge on any atom is 0.242 e. The molecule has 0 unspecified atom stereocenters. The van der Waals surface area contributed by atoms with Crippen molar-refractivity contribution in [2.24, 2.45) is 11.7 Å². The molecule has 0 aromatic heterocycles. The summed E-state index contributed by atoms with van der Waals surface area (Å²) in [4.78, 5) is 26.7. The van der Waals surface area contributed by atoms with Crippen LogP contribution < -0.4 is 16.4 Å². The van der Waals surface area contributed by atoms with E-state index in [0.717, 1.165) is 32.2 Å². The second kappa shape index (κ2) is 12.0. The molecule has 2 aliphatic rings. The van der Waals surface area contributed by atoms with Crippen molar-refractivity contribution in [3.8, 4) is 0 Å². The molecule has 1 saturated heterocycles. The van der Waals surface area contributed by atoms with Crippen molar-refractivity contribution in [1.29, 1.82) is 0 Å². The highest BCUT2D eigenvalue weighted by Gasteiger charge is 2.33. The highest BCUT2D eigenvalue weighted by atomic mass is 16.5. The fourth-order valence-corrected chi connectivity index (χ4v) is 3.82. The van der Waals surface area contributed by atoms with Gasteiger partial charge in [-0.05, 0) is 44.9 Å². The average Bonchev–Trinajstić information content (AvgIpc) is 3.18. The first kappa shape index (κ1) is 22.6. The molecule has 7 heteroatoms. The smallest absolute Gasteiger partial charge is 0.242 e. The highest BCUT2D eigenvalue weighted by molar-refractivity contribution is 5.88. The van der Waals surface area contributed by atoms with Crippen molar-refractivity contribution in [3.05, 3.63) is 23.8 Å². The molecule has 158 valence electrons. The SMILES string of the molecule is C=C(C)[C@H]1CC=C(CNCC(=O)N2CCC[C@H]2C(=O)NCCOCCN)CC1. The fourth-order valence-electron chi connectivity index (χ4n) is 3.82. The monoisotopic (exact) mass is 392 g/mol. The minimum Gasteiger partial charge on any atom is -0.378 e. The number of nitrogens with zero attached hydrogens (tertiary/aromatic N) is 1. The van der Waals surface area contributed by atoms with Crippen LogP contribution in [0.4, 0.5) is 0 Å². The molecule has 2 atom stereocenters. The van der Waals surface area contributed by atoms with Crippen molar-refractivity contribution in [3.63, 3.8) is 0 Å². The molecule has 2 rings (SSSR count). The Morgan fingerprint density at radius 1 is 1.36 bits per heavy atom. The zero-order chi connectivity index (χ0) is 20.4. The minimum atomic E-state index is -0.367. The van der Waals surface area contributed by atoms with Crippen LogP contribution >= 0.6 is 0 Å². The first-order valence-electron chi connectivity index (χ1n) is 10.4. The Bertz CT molecular complexity index is 576. The van der Waals surface area contributed by atoms with Crippen LogP contribution in [0.25, 0.3) is 0 Å². The second-order valence-corrected chi connectivity index (χ2v) is 7.72. The van der Waals surface area contributed by atoms with E-state index in [2.05, 4.69) is 30.2 Å². The van der Waals surface area contributed by atoms with Crippen LogP contribution in [-0.2, 0) is 14.3 Å². The van der Waals surface area contributed by atoms with Gasteiger partial charge in [-0.1, -0.05) is 23.8 Å². The summed E-state index contributed by atoms with van der Waals surface area (Å²) in [7, 11) is 0. The number of carbonyl (C=O) groups excluding carboxylic acids is 2. The van der Waals surface area contributed by atoms with Gasteiger partial charge in [0.05, 0.1) is 19.8 Å². The van der Waals surface area contributed by atoms with Gasteiger partial charge in [0.1, 0.15) is 6.04 Å². The molecular formula is C21H36N4O3. The summed E-state index contributed by atoms with van der Waals surface area (Å²) in [5, 5.41) is 6.11. The minimum absolute atomic E-state index is 0.00625. The van der Waals surface area contributed by atoms with E-state index in [9.17, 15) is 9.59 Å². The first-order valence-corrected chi connectivity index (χ1v) is 10.4. The van der Waals surface area contributed by atoms with Gasteiger partial charge in [-0.3, -0.25) is 9.59 Å². The Kier molecular flexibility index (Phi) is 9.67. The van der Waals surface area contributed by atoms with E-state index in [1.165, 1.54) is 11.1 Å². The van der Waals surface area contributed by atoms with Gasteiger partial charge in [0.2, 0.25) is 11.8 Å². The topological polar surface area (TPSA) is 96.7 Å². The largest absolute Gasteiger partial charge is 0.378 e. The van der Waals surface area contributed by atoms with Crippen molar-refractivity contribution in [1.82, 2.24) is 15.5 Å². The highest BCUT2D eigenvalue weighted by Crippen LogP contribution is 2.27. The van der Waals surface area contributed by atoms with Crippen molar-refractivity contribution >= 4 is 11.8 Å². The van der Waals surface area contributed by atoms with Gasteiger partial charge in [0.25, 0.3) is 0 Å². The van der Waals surface area contributed by atoms with Crippen LogP contribution in [0.5, 0.6) is 0 Å². The molecule has 4 N–H and O–H groups in total. The van der Waals surface area contributed by atoms with Gasteiger partial charge < -0.3 is 26.0 Å². The first-order chi connectivity index (χ1) is 13.5. The van der Waals surface area contributed by atoms with Gasteiger partial charge in [-0.2, -0.15) is 0 Å². The van der Waals surface area contributed by atoms with E-state index in [1.807, 2.05) is 0 Å². The molecule has 0 aromatic rings. The van der Waals surface area contributed by atoms with Crippen LogP contribution in [0.2, 0.25) is 0 Å². The van der Waals surface area contributed by atoms with Gasteiger partial charge in [-0.25, -0.2) is 0 Å². The zero-order valence-corrected chi connectivity index (χ0v) is 17.2. The van der Waals surface area contributed by atoms with E-state index < -0.39 is 0 Å². The Labute approximate surface area is 168 Å². The molecule has 1 heterocycles. The fraction of sp³-hybridized carbons (Fsp3) is 0.714. The Balaban J connectivity index is 1.69. The Morgan fingerprint density at radius 3 is 2.86 bits per heavy atom. The molecule has 28 heavy (non-hydrogen) atoms. The summed E-state index contributed by atoms with van der Waals surface area (Å²) in [6.07, 6.45) is 7.10. The molecule has 1 aliphatic carbocycles. The number of ether oxygens (including phenoxy) is 1. The number of nitrogens with one attached hydrogen (secondary N) is 2. The number of allylic oxidation sites excluding steroid dienone is 2. The summed E-state index contributed by atoms with van der Waals surface area (Å²) >= 11 is 0. The lowest BCUT2D eigenvalue weighted by Crippen LogP contribution is -2.49. The number of likely N-dealkylation sites (tertiary alicyclic amines) is 1. The molecule has 1 fully saturated rings. The zero-order valence-electron chi connectivity index (χ0n) is 17.2. The lowest BCUT2D eigenvalue weighted by molar-refractivity contribution is -0.137. The predicted molar refractivity (Wildman–Crippen MR) is 111 cm³/mol. The van der Waals surface area contributed by atoms with E-state index in [4.69, 9.17) is 10.5 Å². The number of rotatable bonds is 11. The van der Waals surface area contributed by atoms with Crippen LogP contribution in [0.1, 0.15) is 39.0 Å². The Morgan fingerprint density at radius 2 is 2.18 bits per heavy atom. The maximum absolute atomic E-state index is 12.6. The van der Waals surface area contributed by atoms with Crippen LogP contribution in [0.3, 0.4) is 0 Å². The summed E-state index contributed by atoms with van der Waals surface area (Å²) in [5.41, 5.74) is 7.97. The van der Waals surface area contributed by atoms with Crippen molar-refractivity contribution in [2.75, 3.05) is 45.9 Å². The van der Waals surface area contributed by atoms with Crippen LogP contribution in [0.15, 0.2) is 23.8 Å². The summed E-state index contributed by atoms with van der Waals surface area (Å²) in [6, 6.07) is -0.367. The molecular weight excluding hydrogens is 356 g/mol. The quantitative estimate of drug-likeness (QED) is 0.359. The number of hydrogen-bond donors (Lipinski definition) is 3. The second-order valence-electron chi connectivity index (χ2n) is 7.72. The van der Waals surface area contributed by atoms with Gasteiger partial charge in [-0.15, -0.1) is 0 Å². The lowest BCUT2D eigenvalue weighted by atomic mass is 9.85. The van der Waals surface area contributed by atoms with Crippen molar-refractivity contribution < 1.29 is 14.3 Å². The molecule has 2 amide bonds. The average molecular weight is 393 g/mol. The lowest BCUT2D eigenvalue weighted by Gasteiger charge is -2.25. The van der Waals surface area contributed by atoms with E-state index >= 15 is 0 Å². The van der Waals surface area contributed by atoms with Gasteiger partial charge in [0, 0.05) is 26.2 Å². The molecule has 0 aromatic carbocycles. The van der Waals surface area contributed by atoms with Crippen LogP contribution in [0, 0.1) is 5.92 Å². The number of amides is 2. The number of hydrogen-bond acceptors (Lipinski definition) is 5. The third-order valence-corrected chi connectivity index (χ3v) is 5.51. The van der Waals surface area contributed by atoms with E-state index in [0.29, 0.717) is 45.2 Å². The molecule has 1 aliphatic heterocycles. The molecule has 0 spiro atoms. The molecule has 7 nitrogen and oxygen atoms in total.